The van der Waals surface area contributed by atoms with Crippen LogP contribution in [0.5, 0.6) is 0 Å². The summed E-state index contributed by atoms with van der Waals surface area (Å²) in [5, 5.41) is 21.5. The Morgan fingerprint density at radius 1 is 1.42 bits per heavy atom. The van der Waals surface area contributed by atoms with E-state index in [0.29, 0.717) is 27.8 Å². The first kappa shape index (κ1) is 23.3. The number of thiazole rings is 1. The Morgan fingerprint density at radius 2 is 2.21 bits per heavy atom. The van der Waals surface area contributed by atoms with Crippen molar-refractivity contribution in [1.82, 2.24) is 25.4 Å². The molecule has 4 heterocycles. The number of Topliss-reactive ketones (excluding diaryl/α,β-unsaturated/α-hetero) is 1. The van der Waals surface area contributed by atoms with E-state index in [0.717, 1.165) is 21.2 Å². The van der Waals surface area contributed by atoms with Gasteiger partial charge in [-0.3, -0.25) is 24.1 Å². The normalized spacial score (nSPS) is 20.3. The Labute approximate surface area is 201 Å². The van der Waals surface area contributed by atoms with E-state index < -0.39 is 35.0 Å². The first-order valence-corrected chi connectivity index (χ1v) is 12.9. The van der Waals surface area contributed by atoms with Crippen LogP contribution in [0.3, 0.4) is 0 Å². The number of ketones is 1. The van der Waals surface area contributed by atoms with Crippen LogP contribution in [0, 0.1) is 6.92 Å². The minimum Gasteiger partial charge on any atom is -0.477 e. The molecule has 1 saturated heterocycles. The number of carboxylic acids is 1. The van der Waals surface area contributed by atoms with Crippen LogP contribution in [0.25, 0.3) is 0 Å². The predicted octanol–water partition coefficient (Wildman–Crippen LogP) is 0.00682. The number of carboxylic acid groups (broad SMARTS) is 1. The minimum absolute atomic E-state index is 0.0737. The number of H-pyrrole nitrogens is 1. The minimum atomic E-state index is -1.24. The first-order valence-electron chi connectivity index (χ1n) is 9.13. The highest BCUT2D eigenvalue weighted by molar-refractivity contribution is 8.01. The van der Waals surface area contributed by atoms with Crippen LogP contribution < -0.4 is 10.1 Å². The standard InChI is InChI=1S/C17H14N6O6S4/c1-6-21-22-17(33-6)32-3-7-2-30-14-9(13(27)23(14)10(7)15(28)29)20-12(26)11(25)8-4-31-16(19-8)18-5-24/h4-5,9,14H,2-3H2,1H3,(H,20,26)(H,28,29)(H,18,19,24)/t9?,14-/m0/s1. The van der Waals surface area contributed by atoms with Crippen molar-refractivity contribution in [1.29, 1.82) is 0 Å². The first-order chi connectivity index (χ1) is 15.8. The lowest BCUT2D eigenvalue weighted by Crippen LogP contribution is -2.71. The quantitative estimate of drug-likeness (QED) is 0.140. The molecule has 3 N–H and O–H groups in total. The van der Waals surface area contributed by atoms with Crippen molar-refractivity contribution in [2.24, 2.45) is 4.99 Å². The van der Waals surface area contributed by atoms with E-state index in [4.69, 9.17) is 0 Å². The molecule has 0 bridgehead atoms. The van der Waals surface area contributed by atoms with Gasteiger partial charge in [-0.05, 0) is 12.5 Å². The van der Waals surface area contributed by atoms with Crippen LogP contribution in [0.2, 0.25) is 0 Å². The maximum atomic E-state index is 12.7. The molecule has 2 aromatic rings. The highest BCUT2D eigenvalue weighted by atomic mass is 32.2. The Bertz CT molecular complexity index is 1260. The van der Waals surface area contributed by atoms with Crippen molar-refractivity contribution in [2.45, 2.75) is 22.7 Å². The lowest BCUT2D eigenvalue weighted by Gasteiger charge is -2.49. The van der Waals surface area contributed by atoms with Crippen molar-refractivity contribution in [3.8, 4) is 0 Å². The van der Waals surface area contributed by atoms with Crippen molar-refractivity contribution < 1.29 is 29.1 Å². The number of amides is 3. The van der Waals surface area contributed by atoms with Gasteiger partial charge in [0.25, 0.3) is 17.6 Å². The summed E-state index contributed by atoms with van der Waals surface area (Å²) >= 11 is 5.01. The third-order valence-electron chi connectivity index (χ3n) is 4.56. The molecule has 1 fully saturated rings. The van der Waals surface area contributed by atoms with E-state index in [-0.39, 0.29) is 16.2 Å². The predicted molar refractivity (Wildman–Crippen MR) is 120 cm³/mol. The zero-order valence-electron chi connectivity index (χ0n) is 16.6. The van der Waals surface area contributed by atoms with Gasteiger partial charge in [0.05, 0.1) is 0 Å². The Hall–Kier alpha value is -2.82. The third kappa shape index (κ3) is 4.64. The highest BCUT2D eigenvalue weighted by Gasteiger charge is 2.54. The maximum Gasteiger partial charge on any atom is 0.352 e. The summed E-state index contributed by atoms with van der Waals surface area (Å²) in [6, 6.07) is -1.03. The summed E-state index contributed by atoms with van der Waals surface area (Å²) in [4.78, 5) is 67.1. The Kier molecular flexibility index (Phi) is 6.78. The van der Waals surface area contributed by atoms with Crippen molar-refractivity contribution in [3.63, 3.8) is 0 Å². The largest absolute Gasteiger partial charge is 0.477 e. The number of β-lactam (4-membered cyclic amide) rings is 1. The maximum absolute atomic E-state index is 12.7. The lowest BCUT2D eigenvalue weighted by molar-refractivity contribution is -0.150. The number of aromatic amines is 1. The molecule has 2 atom stereocenters. The van der Waals surface area contributed by atoms with E-state index in [9.17, 15) is 29.1 Å². The summed E-state index contributed by atoms with van der Waals surface area (Å²) < 4.78 is 0.699. The number of carbonyl (C=O) groups is 5. The van der Waals surface area contributed by atoms with Crippen LogP contribution in [0.15, 0.2) is 26.0 Å². The SMILES string of the molecule is Cc1nnc(SCC2=C(C(=O)O)N3C(=O)C(NC(=O)C(=O)c4csc(=NC=O)[nH]4)[C@@H]3SC2)s1. The number of aliphatic carboxylic acids is 1. The number of fused-ring (bicyclic) bond motifs is 1. The van der Waals surface area contributed by atoms with Gasteiger partial charge in [0.1, 0.15) is 27.8 Å². The Morgan fingerprint density at radius 3 is 2.88 bits per heavy atom. The number of aromatic nitrogens is 3. The summed E-state index contributed by atoms with van der Waals surface area (Å²) in [5.41, 5.74) is 0.381. The molecule has 33 heavy (non-hydrogen) atoms. The smallest absolute Gasteiger partial charge is 0.352 e. The van der Waals surface area contributed by atoms with Gasteiger partial charge in [0, 0.05) is 16.9 Å². The number of hydrogen-bond acceptors (Lipinski definition) is 11. The highest BCUT2D eigenvalue weighted by Crippen LogP contribution is 2.41. The van der Waals surface area contributed by atoms with Gasteiger partial charge >= 0.3 is 5.97 Å². The molecule has 4 rings (SSSR count). The molecule has 16 heteroatoms. The number of rotatable bonds is 8. The van der Waals surface area contributed by atoms with Crippen LogP contribution in [0.4, 0.5) is 0 Å². The van der Waals surface area contributed by atoms with Gasteiger partial charge in [-0.15, -0.1) is 33.3 Å². The molecule has 0 aromatic carbocycles. The summed E-state index contributed by atoms with van der Waals surface area (Å²) in [6.45, 7) is 1.82. The molecule has 0 spiro atoms. The molecular formula is C17H14N6O6S4. The van der Waals surface area contributed by atoms with E-state index in [2.05, 4.69) is 25.5 Å². The molecule has 0 saturated carbocycles. The van der Waals surface area contributed by atoms with Crippen molar-refractivity contribution >= 4 is 76.2 Å². The molecule has 3 amide bonds. The summed E-state index contributed by atoms with van der Waals surface area (Å²) in [5.74, 6) is -3.12. The number of carbonyl (C=O) groups excluding carboxylic acids is 4. The van der Waals surface area contributed by atoms with Gasteiger partial charge in [-0.2, -0.15) is 4.99 Å². The van der Waals surface area contributed by atoms with Gasteiger partial charge in [-0.25, -0.2) is 4.79 Å². The van der Waals surface area contributed by atoms with E-state index in [1.165, 1.54) is 40.2 Å². The van der Waals surface area contributed by atoms with Crippen LogP contribution in [-0.4, -0.2) is 78.1 Å². The number of nitrogens with zero attached hydrogens (tertiary/aromatic N) is 4. The molecule has 1 unspecified atom stereocenters. The van der Waals surface area contributed by atoms with Crippen LogP contribution >= 0.6 is 46.2 Å². The van der Waals surface area contributed by atoms with Gasteiger partial charge < -0.3 is 15.4 Å². The third-order valence-corrected chi connectivity index (χ3v) is 8.75. The van der Waals surface area contributed by atoms with Gasteiger partial charge in [-0.1, -0.05) is 23.1 Å². The average Bonchev–Trinajstić information content (AvgIpc) is 3.43. The van der Waals surface area contributed by atoms with Crippen LogP contribution in [0.1, 0.15) is 15.5 Å². The number of aryl methyl sites for hydroxylation is 1. The van der Waals surface area contributed by atoms with Gasteiger partial charge in [0.15, 0.2) is 9.14 Å². The second-order valence-electron chi connectivity index (χ2n) is 6.64. The molecular weight excluding hydrogens is 512 g/mol. The van der Waals surface area contributed by atoms with Crippen molar-refractivity contribution in [3.05, 3.63) is 32.2 Å². The summed E-state index contributed by atoms with van der Waals surface area (Å²) in [6.07, 6.45) is 0.299. The second-order valence-corrected chi connectivity index (χ2v) is 11.0. The van der Waals surface area contributed by atoms with Gasteiger partial charge in [0.2, 0.25) is 6.41 Å². The molecule has 0 radical (unpaired) electrons. The fourth-order valence-electron chi connectivity index (χ4n) is 3.12. The monoisotopic (exact) mass is 526 g/mol. The lowest BCUT2D eigenvalue weighted by atomic mass is 10.0. The molecule has 172 valence electrons. The van der Waals surface area contributed by atoms with E-state index in [1.54, 1.807) is 0 Å². The average molecular weight is 527 g/mol. The zero-order chi connectivity index (χ0) is 23.7. The topological polar surface area (TPSA) is 175 Å². The zero-order valence-corrected chi connectivity index (χ0v) is 19.9. The molecule has 2 aliphatic heterocycles. The number of nitrogens with one attached hydrogen (secondary N) is 2. The molecule has 2 aliphatic rings. The van der Waals surface area contributed by atoms with Crippen molar-refractivity contribution in [2.75, 3.05) is 11.5 Å². The fourth-order valence-corrected chi connectivity index (χ4v) is 7.09. The summed E-state index contributed by atoms with van der Waals surface area (Å²) in [7, 11) is 0. The number of thioether (sulfide) groups is 2. The molecule has 2 aromatic heterocycles. The molecule has 12 nitrogen and oxygen atoms in total. The fraction of sp³-hybridized carbons (Fsp3) is 0.294. The van der Waals surface area contributed by atoms with Crippen LogP contribution in [-0.2, 0) is 19.2 Å². The van der Waals surface area contributed by atoms with E-state index in [1.807, 2.05) is 6.92 Å². The number of hydrogen-bond donors (Lipinski definition) is 3. The Balaban J connectivity index is 1.45. The van der Waals surface area contributed by atoms with E-state index >= 15 is 0 Å². The second kappa shape index (κ2) is 9.58. The molecule has 0 aliphatic carbocycles.